The maximum absolute atomic E-state index is 13.2. The van der Waals surface area contributed by atoms with Crippen molar-refractivity contribution >= 4 is 39.3 Å². The van der Waals surface area contributed by atoms with Gasteiger partial charge in [-0.15, -0.1) is 21.5 Å². The Kier molecular flexibility index (Phi) is 5.38. The number of nitrogens with zero attached hydrogens (tertiary/aromatic N) is 7. The van der Waals surface area contributed by atoms with Crippen LogP contribution < -0.4 is 9.80 Å². The quantitative estimate of drug-likeness (QED) is 0.573. The number of aromatic nitrogens is 5. The number of anilines is 2. The van der Waals surface area contributed by atoms with Crippen LogP contribution >= 0.6 is 11.3 Å². The molecule has 5 rings (SSSR count). The predicted molar refractivity (Wildman–Crippen MR) is 115 cm³/mol. The van der Waals surface area contributed by atoms with Gasteiger partial charge in [-0.25, -0.2) is 4.98 Å². The maximum atomic E-state index is 13.2. The van der Waals surface area contributed by atoms with Crippen LogP contribution in [0.2, 0.25) is 0 Å². The van der Waals surface area contributed by atoms with Crippen LogP contribution in [0, 0.1) is 5.92 Å². The highest BCUT2D eigenvalue weighted by atomic mass is 32.1. The minimum Gasteiger partial charge on any atom is -0.481 e. The first kappa shape index (κ1) is 21.9. The number of carboxylic acid groups (broad SMARTS) is 1. The number of alkyl halides is 3. The van der Waals surface area contributed by atoms with Crippen LogP contribution in [-0.4, -0.2) is 55.4 Å². The third-order valence-corrected chi connectivity index (χ3v) is 7.01. The Morgan fingerprint density at radius 3 is 2.70 bits per heavy atom. The van der Waals surface area contributed by atoms with Crippen LogP contribution in [0.3, 0.4) is 0 Å². The SMILES string of the molecule is CCCc1cc2c(N3CCn4c(nnc4C(F)(F)F)C3)nc(N3CC(CC(=O)O)C3)nc2s1. The molecule has 3 aromatic heterocycles. The molecule has 0 bridgehead atoms. The molecular formula is C20H22F3N7O2S. The minimum absolute atomic E-state index is 0.0542. The first-order valence-corrected chi connectivity index (χ1v) is 11.6. The van der Waals surface area contributed by atoms with E-state index in [2.05, 4.69) is 23.2 Å². The fourth-order valence-corrected chi connectivity index (χ4v) is 5.47. The van der Waals surface area contributed by atoms with Crippen LogP contribution in [0.1, 0.15) is 36.3 Å². The average molecular weight is 482 g/mol. The second kappa shape index (κ2) is 8.12. The topological polar surface area (TPSA) is 100 Å². The van der Waals surface area contributed by atoms with Gasteiger partial charge in [0.25, 0.3) is 0 Å². The molecule has 9 nitrogen and oxygen atoms in total. The molecule has 0 amide bonds. The molecule has 0 atom stereocenters. The number of fused-ring (bicyclic) bond motifs is 2. The number of carboxylic acids is 1. The Morgan fingerprint density at radius 1 is 1.21 bits per heavy atom. The van der Waals surface area contributed by atoms with Gasteiger partial charge in [0.1, 0.15) is 10.6 Å². The first-order valence-electron chi connectivity index (χ1n) is 10.7. The Morgan fingerprint density at radius 2 is 2.00 bits per heavy atom. The van der Waals surface area contributed by atoms with Crippen LogP contribution in [0.5, 0.6) is 0 Å². The molecule has 0 aliphatic carbocycles. The number of rotatable bonds is 6. The van der Waals surface area contributed by atoms with E-state index in [1.807, 2.05) is 9.80 Å². The van der Waals surface area contributed by atoms with Gasteiger partial charge in [-0.3, -0.25) is 4.79 Å². The summed E-state index contributed by atoms with van der Waals surface area (Å²) < 4.78 is 40.8. The fourth-order valence-electron chi connectivity index (χ4n) is 4.35. The molecule has 2 aliphatic heterocycles. The summed E-state index contributed by atoms with van der Waals surface area (Å²) in [6, 6.07) is 2.06. The second-order valence-corrected chi connectivity index (χ2v) is 9.52. The summed E-state index contributed by atoms with van der Waals surface area (Å²) in [6.07, 6.45) is -2.55. The lowest BCUT2D eigenvalue weighted by molar-refractivity contribution is -0.147. The van der Waals surface area contributed by atoms with Crippen molar-refractivity contribution in [3.05, 3.63) is 22.6 Å². The lowest BCUT2D eigenvalue weighted by Crippen LogP contribution is -2.48. The third kappa shape index (κ3) is 4.09. The largest absolute Gasteiger partial charge is 0.481 e. The van der Waals surface area contributed by atoms with Gasteiger partial charge in [-0.2, -0.15) is 18.2 Å². The Balaban J connectivity index is 1.47. The van der Waals surface area contributed by atoms with Gasteiger partial charge in [-0.05, 0) is 12.5 Å². The van der Waals surface area contributed by atoms with Crippen molar-refractivity contribution in [2.75, 3.05) is 29.4 Å². The van der Waals surface area contributed by atoms with E-state index in [0.717, 1.165) is 27.6 Å². The third-order valence-electron chi connectivity index (χ3n) is 5.92. The van der Waals surface area contributed by atoms with Crippen LogP contribution in [0.15, 0.2) is 6.07 Å². The highest BCUT2D eigenvalue weighted by Gasteiger charge is 2.40. The van der Waals surface area contributed by atoms with Crippen LogP contribution in [-0.2, 0) is 30.5 Å². The maximum Gasteiger partial charge on any atom is 0.451 e. The second-order valence-electron chi connectivity index (χ2n) is 8.41. The molecule has 0 saturated carbocycles. The molecule has 0 radical (unpaired) electrons. The molecule has 1 fully saturated rings. The van der Waals surface area contributed by atoms with Gasteiger partial charge in [0.2, 0.25) is 11.8 Å². The van der Waals surface area contributed by atoms with Gasteiger partial charge in [0.05, 0.1) is 18.4 Å². The Hall–Kier alpha value is -2.96. The van der Waals surface area contributed by atoms with Gasteiger partial charge >= 0.3 is 12.1 Å². The highest BCUT2D eigenvalue weighted by molar-refractivity contribution is 7.18. The summed E-state index contributed by atoms with van der Waals surface area (Å²) in [5, 5.41) is 17.0. The zero-order valence-electron chi connectivity index (χ0n) is 17.8. The van der Waals surface area contributed by atoms with Gasteiger partial charge in [-0.1, -0.05) is 13.3 Å². The van der Waals surface area contributed by atoms with E-state index in [1.165, 1.54) is 4.88 Å². The smallest absolute Gasteiger partial charge is 0.451 e. The predicted octanol–water partition coefficient (Wildman–Crippen LogP) is 3.19. The number of hydrogen-bond acceptors (Lipinski definition) is 8. The van der Waals surface area contributed by atoms with E-state index >= 15 is 0 Å². The van der Waals surface area contributed by atoms with Crippen molar-refractivity contribution in [3.63, 3.8) is 0 Å². The van der Waals surface area contributed by atoms with Crippen LogP contribution in [0.25, 0.3) is 10.2 Å². The number of hydrogen-bond donors (Lipinski definition) is 1. The lowest BCUT2D eigenvalue weighted by Gasteiger charge is -2.39. The monoisotopic (exact) mass is 481 g/mol. The summed E-state index contributed by atoms with van der Waals surface area (Å²) in [5.74, 6) is -0.314. The molecule has 0 spiro atoms. The van der Waals surface area contributed by atoms with Gasteiger partial charge in [0.15, 0.2) is 5.82 Å². The van der Waals surface area contributed by atoms with E-state index in [1.54, 1.807) is 11.3 Å². The average Bonchev–Trinajstić information content (AvgIpc) is 3.32. The van der Waals surface area contributed by atoms with Crippen molar-refractivity contribution in [2.24, 2.45) is 5.92 Å². The number of halogens is 3. The van der Waals surface area contributed by atoms with Crippen LogP contribution in [0.4, 0.5) is 24.9 Å². The summed E-state index contributed by atoms with van der Waals surface area (Å²) in [6.45, 7) is 3.83. The van der Waals surface area contributed by atoms with E-state index < -0.39 is 18.0 Å². The molecule has 3 aromatic rings. The van der Waals surface area contributed by atoms with Crippen molar-refractivity contribution in [1.82, 2.24) is 24.7 Å². The summed E-state index contributed by atoms with van der Waals surface area (Å²) in [4.78, 5) is 26.4. The standard InChI is InChI=1S/C20H22F3N7O2S/c1-2-3-12-7-13-16(28-4-5-30-14(10-28)26-27-18(30)20(21,22)23)24-19(25-17(13)33-12)29-8-11(9-29)6-15(31)32/h7,11H,2-6,8-10H2,1H3,(H,31,32). The fraction of sp³-hybridized carbons (Fsp3) is 0.550. The number of carbonyl (C=O) groups is 1. The minimum atomic E-state index is -4.55. The number of aryl methyl sites for hydroxylation is 1. The zero-order chi connectivity index (χ0) is 23.3. The van der Waals surface area contributed by atoms with E-state index in [0.29, 0.717) is 31.4 Å². The van der Waals surface area contributed by atoms with E-state index in [9.17, 15) is 18.0 Å². The Labute approximate surface area is 190 Å². The highest BCUT2D eigenvalue weighted by Crippen LogP contribution is 2.37. The summed E-state index contributed by atoms with van der Waals surface area (Å²) >= 11 is 1.59. The normalized spacial score (nSPS) is 16.8. The molecule has 2 aliphatic rings. The molecule has 176 valence electrons. The number of thiophene rings is 1. The molecule has 0 aromatic carbocycles. The zero-order valence-corrected chi connectivity index (χ0v) is 18.7. The Bertz CT molecular complexity index is 1200. The van der Waals surface area contributed by atoms with Crippen molar-refractivity contribution in [3.8, 4) is 0 Å². The van der Waals surface area contributed by atoms with Crippen molar-refractivity contribution in [1.29, 1.82) is 0 Å². The lowest BCUT2D eigenvalue weighted by atomic mass is 9.97. The molecule has 1 saturated heterocycles. The molecular weight excluding hydrogens is 459 g/mol. The molecule has 13 heteroatoms. The van der Waals surface area contributed by atoms with Crippen molar-refractivity contribution in [2.45, 2.75) is 45.5 Å². The molecule has 33 heavy (non-hydrogen) atoms. The van der Waals surface area contributed by atoms with E-state index in [-0.39, 0.29) is 31.3 Å². The van der Waals surface area contributed by atoms with Gasteiger partial charge < -0.3 is 19.5 Å². The molecule has 5 heterocycles. The van der Waals surface area contributed by atoms with E-state index in [4.69, 9.17) is 15.1 Å². The summed E-state index contributed by atoms with van der Waals surface area (Å²) in [5.41, 5.74) is 0. The summed E-state index contributed by atoms with van der Waals surface area (Å²) in [7, 11) is 0. The van der Waals surface area contributed by atoms with Crippen molar-refractivity contribution < 1.29 is 23.1 Å². The number of aliphatic carboxylic acids is 1. The molecule has 1 N–H and O–H groups in total. The first-order chi connectivity index (χ1) is 15.7. The van der Waals surface area contributed by atoms with Gasteiger partial charge in [0, 0.05) is 37.0 Å². The molecule has 0 unspecified atom stereocenters.